The first-order valence-electron chi connectivity index (χ1n) is 17.7. The van der Waals surface area contributed by atoms with E-state index in [9.17, 15) is 13.2 Å². The largest absolute Gasteiger partial charge is 0.497 e. The highest BCUT2D eigenvalue weighted by Gasteiger charge is 2.60. The lowest BCUT2D eigenvalue weighted by Crippen LogP contribution is -2.54. The van der Waals surface area contributed by atoms with Gasteiger partial charge < -0.3 is 14.2 Å². The Labute approximate surface area is 279 Å². The Morgan fingerprint density at radius 1 is 1.04 bits per heavy atom. The molecule has 4 fully saturated rings. The molecule has 3 aliphatic heterocycles. The molecule has 10 heteroatoms. The number of amides is 1. The maximum Gasteiger partial charge on any atom is 0.303 e. The zero-order valence-electron chi connectivity index (χ0n) is 28.3. The van der Waals surface area contributed by atoms with Gasteiger partial charge in [-0.2, -0.15) is 12.7 Å². The Bertz CT molecular complexity index is 1820. The second-order valence-corrected chi connectivity index (χ2v) is 16.9. The number of rotatable bonds is 8. The second kappa shape index (κ2) is 11.6. The van der Waals surface area contributed by atoms with E-state index >= 15 is 0 Å². The molecule has 9 nitrogen and oxygen atoms in total. The van der Waals surface area contributed by atoms with E-state index in [4.69, 9.17) is 4.74 Å². The molecule has 2 saturated heterocycles. The third kappa shape index (κ3) is 5.21. The number of methoxy groups -OCH3 is 1. The molecule has 1 N–H and O–H groups in total. The summed E-state index contributed by atoms with van der Waals surface area (Å²) in [5.74, 6) is 1.22. The molecule has 4 unspecified atom stereocenters. The monoisotopic (exact) mass is 659 g/mol. The molecule has 4 atom stereocenters. The van der Waals surface area contributed by atoms with Crippen molar-refractivity contribution in [3.63, 3.8) is 0 Å². The van der Waals surface area contributed by atoms with Crippen molar-refractivity contribution in [2.75, 3.05) is 47.4 Å². The molecule has 2 saturated carbocycles. The maximum atomic E-state index is 13.5. The Balaban J connectivity index is 1.29. The first-order chi connectivity index (χ1) is 22.6. The smallest absolute Gasteiger partial charge is 0.303 e. The fourth-order valence-electron chi connectivity index (χ4n) is 9.70. The van der Waals surface area contributed by atoms with E-state index in [1.807, 2.05) is 12.1 Å². The number of fused-ring (bicyclic) bond motifs is 9. The van der Waals surface area contributed by atoms with Crippen LogP contribution in [0.25, 0.3) is 22.2 Å². The molecule has 1 aromatic heterocycles. The lowest BCUT2D eigenvalue weighted by atomic mass is 9.81. The van der Waals surface area contributed by atoms with Gasteiger partial charge in [-0.05, 0) is 92.4 Å². The summed E-state index contributed by atoms with van der Waals surface area (Å²) in [6.45, 7) is 6.28. The maximum absolute atomic E-state index is 13.5. The molecule has 3 aromatic rings. The van der Waals surface area contributed by atoms with E-state index in [1.54, 1.807) is 14.0 Å². The summed E-state index contributed by atoms with van der Waals surface area (Å²) >= 11 is 0. The highest BCUT2D eigenvalue weighted by molar-refractivity contribution is 7.87. The minimum atomic E-state index is -3.92. The summed E-state index contributed by atoms with van der Waals surface area (Å²) in [4.78, 5) is 18.8. The van der Waals surface area contributed by atoms with Gasteiger partial charge in [0.05, 0.1) is 12.8 Å². The minimum absolute atomic E-state index is 0.0876. The average Bonchev–Trinajstić information content (AvgIpc) is 3.64. The van der Waals surface area contributed by atoms with Crippen LogP contribution in [0.15, 0.2) is 36.4 Å². The third-order valence-electron chi connectivity index (χ3n) is 12.3. The molecule has 252 valence electrons. The fraction of sp³-hybridized carbons (Fsp3) is 0.595. The van der Waals surface area contributed by atoms with E-state index < -0.39 is 16.1 Å². The van der Waals surface area contributed by atoms with Gasteiger partial charge in [-0.15, -0.1) is 0 Å². The number of carbonyl (C=O) groups excluding carboxylic acids is 1. The number of nitrogens with one attached hydrogen (secondary N) is 1. The number of ether oxygens (including phenoxy) is 1. The summed E-state index contributed by atoms with van der Waals surface area (Å²) in [5.41, 5.74) is 6.91. The van der Waals surface area contributed by atoms with Crippen molar-refractivity contribution in [2.24, 2.45) is 5.41 Å². The van der Waals surface area contributed by atoms with E-state index in [-0.39, 0.29) is 12.0 Å². The average molecular weight is 660 g/mol. The van der Waals surface area contributed by atoms with Gasteiger partial charge in [-0.1, -0.05) is 32.3 Å². The van der Waals surface area contributed by atoms with Gasteiger partial charge in [-0.25, -0.2) is 4.72 Å². The van der Waals surface area contributed by atoms with Crippen molar-refractivity contribution in [3.8, 4) is 17.0 Å². The zero-order chi connectivity index (χ0) is 32.7. The predicted molar refractivity (Wildman–Crippen MR) is 185 cm³/mol. The number of nitrogens with zero attached hydrogens (tertiary/aromatic N) is 4. The Hall–Kier alpha value is -2.92. The lowest BCUT2D eigenvalue weighted by molar-refractivity contribution is 0.0595. The Morgan fingerprint density at radius 3 is 2.49 bits per heavy atom. The van der Waals surface area contributed by atoms with Crippen LogP contribution in [0.3, 0.4) is 0 Å². The van der Waals surface area contributed by atoms with Crippen LogP contribution < -0.4 is 9.46 Å². The Morgan fingerprint density at radius 2 is 1.79 bits per heavy atom. The van der Waals surface area contributed by atoms with Crippen molar-refractivity contribution in [1.82, 2.24) is 23.4 Å². The molecular weight excluding hydrogens is 611 g/mol. The Kier molecular flexibility index (Phi) is 7.74. The van der Waals surface area contributed by atoms with Crippen molar-refractivity contribution < 1.29 is 17.9 Å². The molecule has 4 heterocycles. The molecular formula is C37H49N5O4S. The summed E-state index contributed by atoms with van der Waals surface area (Å²) in [5, 5.41) is 1.20. The van der Waals surface area contributed by atoms with Crippen LogP contribution in [0.4, 0.5) is 0 Å². The number of hydrogen-bond donors (Lipinski definition) is 1. The van der Waals surface area contributed by atoms with E-state index in [1.165, 1.54) is 79.8 Å². The summed E-state index contributed by atoms with van der Waals surface area (Å²) in [7, 11) is 1.58. The molecule has 2 bridgehead atoms. The van der Waals surface area contributed by atoms with Gasteiger partial charge in [-0.3, -0.25) is 9.69 Å². The number of carbonyl (C=O) groups is 1. The normalized spacial score (nSPS) is 27.7. The molecule has 5 aliphatic rings. The van der Waals surface area contributed by atoms with Gasteiger partial charge in [0.15, 0.2) is 0 Å². The molecule has 0 radical (unpaired) electrons. The van der Waals surface area contributed by atoms with Crippen molar-refractivity contribution in [1.29, 1.82) is 0 Å². The van der Waals surface area contributed by atoms with Crippen LogP contribution in [-0.2, 0) is 16.8 Å². The van der Waals surface area contributed by atoms with Crippen LogP contribution in [0.2, 0.25) is 0 Å². The molecule has 0 spiro atoms. The quantitative estimate of drug-likeness (QED) is 0.341. The number of piperazine rings is 1. The van der Waals surface area contributed by atoms with Crippen molar-refractivity contribution in [2.45, 2.75) is 88.8 Å². The van der Waals surface area contributed by atoms with Gasteiger partial charge in [0.1, 0.15) is 5.75 Å². The number of likely N-dealkylation sites (tertiary alicyclic amines) is 1. The van der Waals surface area contributed by atoms with Crippen LogP contribution in [0, 0.1) is 5.41 Å². The van der Waals surface area contributed by atoms with Gasteiger partial charge in [0.25, 0.3) is 5.91 Å². The molecule has 8 rings (SSSR count). The summed E-state index contributed by atoms with van der Waals surface area (Å²) in [6.07, 6.45) is 9.76. The van der Waals surface area contributed by atoms with Crippen molar-refractivity contribution >= 4 is 27.0 Å². The molecule has 2 aliphatic carbocycles. The van der Waals surface area contributed by atoms with Gasteiger partial charge in [0, 0.05) is 79.3 Å². The summed E-state index contributed by atoms with van der Waals surface area (Å²) < 4.78 is 37.4. The van der Waals surface area contributed by atoms with Crippen molar-refractivity contribution in [3.05, 3.63) is 53.1 Å². The summed E-state index contributed by atoms with van der Waals surface area (Å²) in [6, 6.07) is 13.8. The highest BCUT2D eigenvalue weighted by atomic mass is 32.2. The number of benzene rings is 2. The number of hydrogen-bond acceptors (Lipinski definition) is 6. The van der Waals surface area contributed by atoms with E-state index in [0.717, 1.165) is 48.2 Å². The lowest BCUT2D eigenvalue weighted by Gasteiger charge is -2.41. The zero-order valence-corrected chi connectivity index (χ0v) is 29.1. The van der Waals surface area contributed by atoms with E-state index in [0.29, 0.717) is 29.5 Å². The third-order valence-corrected chi connectivity index (χ3v) is 13.8. The topological polar surface area (TPSA) is 87.1 Å². The molecule has 47 heavy (non-hydrogen) atoms. The first-order valence-corrected chi connectivity index (χ1v) is 19.1. The van der Waals surface area contributed by atoms with E-state index in [2.05, 4.69) is 50.4 Å². The standard InChI is InChI=1S/C37H49N5O4S/c1-5-40(3)47(44,45)38-36(43)25-11-15-30-33(17-25)42-23-37(22-41-26-12-13-27(41)21-39(2)20-26)19-32(37)31-18-28(46-4)14-16-29(31)35(42)34(30)24-9-7-6-8-10-24/h11,14-18,24,26-27,32H,5-10,12-13,19-23H2,1-4H3,(H,38,43). The SMILES string of the molecule is CCN(C)S(=O)(=O)NC(=O)c1ccc2c(C3CCCCC3)c3n(c2c1)CC1(CN2C4CCC2CN(C)C4)CC1c1cc(OC)ccc1-3. The van der Waals surface area contributed by atoms with Crippen LogP contribution in [0.5, 0.6) is 5.75 Å². The number of likely N-dealkylation sites (N-methyl/N-ethyl adjacent to an activating group) is 1. The highest BCUT2D eigenvalue weighted by Crippen LogP contribution is 2.66. The first kappa shape index (κ1) is 31.4. The van der Waals surface area contributed by atoms with Gasteiger partial charge >= 0.3 is 10.2 Å². The molecule has 2 aromatic carbocycles. The van der Waals surface area contributed by atoms with Gasteiger partial charge in [0.2, 0.25) is 0 Å². The van der Waals surface area contributed by atoms with Crippen LogP contribution in [-0.4, -0.2) is 92.5 Å². The number of aromatic nitrogens is 1. The second-order valence-electron chi connectivity index (χ2n) is 15.1. The van der Waals surface area contributed by atoms with Crippen LogP contribution in [0.1, 0.15) is 91.6 Å². The predicted octanol–water partition coefficient (Wildman–Crippen LogP) is 5.56. The molecule has 1 amide bonds. The minimum Gasteiger partial charge on any atom is -0.497 e. The fourth-order valence-corrected chi connectivity index (χ4v) is 10.5. The van der Waals surface area contributed by atoms with Crippen LogP contribution >= 0.6 is 0 Å².